The molecule has 0 saturated carbocycles. The number of carbonyl (C=O) groups excluding carboxylic acids is 1. The summed E-state index contributed by atoms with van der Waals surface area (Å²) in [5.41, 5.74) is 5.66. The molecule has 0 spiro atoms. The van der Waals surface area contributed by atoms with Crippen LogP contribution in [0.5, 0.6) is 5.75 Å². The lowest BCUT2D eigenvalue weighted by molar-refractivity contribution is 0.103. The second-order valence-corrected chi connectivity index (χ2v) is 9.40. The molecular weight excluding hydrogens is 420 g/mol. The standard InChI is InChI=1S/C30H42N2O2/c1-6-9-15-31(16-10-7-2)17-13-19-34-30-23(4)20-26(21-24(30)5)29(33)28-25(8-3)22-32-18-12-11-14-27(28)32/h11-12,14,18,20-22H,6-10,13,15-17,19H2,1-5H3. The number of aromatic nitrogens is 1. The quantitative estimate of drug-likeness (QED) is 0.191. The van der Waals surface area contributed by atoms with E-state index in [1.165, 1.54) is 38.8 Å². The summed E-state index contributed by atoms with van der Waals surface area (Å²) in [6.45, 7) is 14.8. The number of hydrogen-bond acceptors (Lipinski definition) is 3. The smallest absolute Gasteiger partial charge is 0.195 e. The average molecular weight is 463 g/mol. The van der Waals surface area contributed by atoms with E-state index >= 15 is 0 Å². The molecule has 0 aliphatic rings. The maximum Gasteiger partial charge on any atom is 0.195 e. The summed E-state index contributed by atoms with van der Waals surface area (Å²) in [5, 5.41) is 0. The summed E-state index contributed by atoms with van der Waals surface area (Å²) in [5.74, 6) is 1.01. The minimum Gasteiger partial charge on any atom is -0.493 e. The Balaban J connectivity index is 1.69. The van der Waals surface area contributed by atoms with E-state index in [1.54, 1.807) is 0 Å². The van der Waals surface area contributed by atoms with E-state index in [1.807, 2.05) is 54.8 Å². The monoisotopic (exact) mass is 462 g/mol. The Kier molecular flexibility index (Phi) is 9.76. The highest BCUT2D eigenvalue weighted by Crippen LogP contribution is 2.29. The maximum absolute atomic E-state index is 13.6. The number of aryl methyl sites for hydroxylation is 3. The first-order chi connectivity index (χ1) is 16.5. The van der Waals surface area contributed by atoms with Crippen LogP contribution in [0.1, 0.15) is 85.5 Å². The van der Waals surface area contributed by atoms with Gasteiger partial charge in [0.25, 0.3) is 0 Å². The molecule has 0 radical (unpaired) electrons. The van der Waals surface area contributed by atoms with Crippen LogP contribution in [0.15, 0.2) is 42.7 Å². The lowest BCUT2D eigenvalue weighted by Gasteiger charge is -2.22. The van der Waals surface area contributed by atoms with Gasteiger partial charge in [0.15, 0.2) is 5.78 Å². The van der Waals surface area contributed by atoms with Crippen LogP contribution in [-0.2, 0) is 6.42 Å². The van der Waals surface area contributed by atoms with Gasteiger partial charge >= 0.3 is 0 Å². The van der Waals surface area contributed by atoms with Crippen molar-refractivity contribution in [3.63, 3.8) is 0 Å². The molecule has 34 heavy (non-hydrogen) atoms. The highest BCUT2D eigenvalue weighted by Gasteiger charge is 2.20. The van der Waals surface area contributed by atoms with Crippen molar-refractivity contribution in [1.29, 1.82) is 0 Å². The zero-order valence-electron chi connectivity index (χ0n) is 21.8. The predicted octanol–water partition coefficient (Wildman–Crippen LogP) is 7.02. The van der Waals surface area contributed by atoms with Crippen LogP contribution in [0.25, 0.3) is 5.52 Å². The van der Waals surface area contributed by atoms with Gasteiger partial charge in [0, 0.05) is 24.5 Å². The van der Waals surface area contributed by atoms with Crippen LogP contribution in [-0.4, -0.2) is 41.3 Å². The second kappa shape index (κ2) is 12.8. The normalized spacial score (nSPS) is 11.5. The molecule has 0 amide bonds. The van der Waals surface area contributed by atoms with E-state index in [2.05, 4.69) is 31.9 Å². The fourth-order valence-corrected chi connectivity index (χ4v) is 4.72. The molecule has 0 fully saturated rings. The van der Waals surface area contributed by atoms with Gasteiger partial charge in [0.2, 0.25) is 0 Å². The Morgan fingerprint density at radius 3 is 2.21 bits per heavy atom. The zero-order chi connectivity index (χ0) is 24.5. The SMILES string of the molecule is CCCCN(CCCC)CCCOc1c(C)cc(C(=O)c2c(CC)cn3ccccc23)cc1C. The number of pyridine rings is 1. The van der Waals surface area contributed by atoms with Crippen molar-refractivity contribution in [2.24, 2.45) is 0 Å². The van der Waals surface area contributed by atoms with Gasteiger partial charge in [0.05, 0.1) is 17.7 Å². The maximum atomic E-state index is 13.6. The number of hydrogen-bond donors (Lipinski definition) is 0. The molecule has 184 valence electrons. The molecule has 0 unspecified atom stereocenters. The summed E-state index contributed by atoms with van der Waals surface area (Å²) in [6.07, 6.45) is 10.9. The summed E-state index contributed by atoms with van der Waals surface area (Å²) in [7, 11) is 0. The van der Waals surface area contributed by atoms with Crippen molar-refractivity contribution in [3.05, 3.63) is 70.5 Å². The summed E-state index contributed by atoms with van der Waals surface area (Å²) in [6, 6.07) is 9.99. The number of rotatable bonds is 14. The summed E-state index contributed by atoms with van der Waals surface area (Å²) < 4.78 is 8.27. The van der Waals surface area contributed by atoms with E-state index in [9.17, 15) is 4.79 Å². The van der Waals surface area contributed by atoms with Crippen LogP contribution < -0.4 is 4.74 Å². The van der Waals surface area contributed by atoms with Gasteiger partial charge in [-0.15, -0.1) is 0 Å². The van der Waals surface area contributed by atoms with Gasteiger partial charge < -0.3 is 14.0 Å². The lowest BCUT2D eigenvalue weighted by Crippen LogP contribution is -2.28. The van der Waals surface area contributed by atoms with Gasteiger partial charge in [0.1, 0.15) is 5.75 Å². The van der Waals surface area contributed by atoms with Gasteiger partial charge in [-0.1, -0.05) is 39.7 Å². The molecular formula is C30H42N2O2. The molecule has 0 saturated heterocycles. The van der Waals surface area contributed by atoms with Crippen molar-refractivity contribution < 1.29 is 9.53 Å². The first-order valence-electron chi connectivity index (χ1n) is 13.1. The topological polar surface area (TPSA) is 34.0 Å². The Bertz CT molecular complexity index is 1050. The second-order valence-electron chi connectivity index (χ2n) is 9.40. The lowest BCUT2D eigenvalue weighted by atomic mass is 9.96. The number of ether oxygens (including phenoxy) is 1. The van der Waals surface area contributed by atoms with Crippen LogP contribution >= 0.6 is 0 Å². The van der Waals surface area contributed by atoms with E-state index < -0.39 is 0 Å². The third kappa shape index (κ3) is 6.29. The van der Waals surface area contributed by atoms with E-state index in [-0.39, 0.29) is 5.78 Å². The molecule has 4 heteroatoms. The third-order valence-electron chi connectivity index (χ3n) is 6.61. The van der Waals surface area contributed by atoms with Crippen molar-refractivity contribution in [2.75, 3.05) is 26.2 Å². The summed E-state index contributed by atoms with van der Waals surface area (Å²) >= 11 is 0. The van der Waals surface area contributed by atoms with Crippen molar-refractivity contribution in [1.82, 2.24) is 9.30 Å². The Hall–Kier alpha value is -2.59. The minimum atomic E-state index is 0.0887. The number of ketones is 1. The van der Waals surface area contributed by atoms with Crippen LogP contribution in [0, 0.1) is 13.8 Å². The third-order valence-corrected chi connectivity index (χ3v) is 6.61. The Morgan fingerprint density at radius 2 is 1.59 bits per heavy atom. The van der Waals surface area contributed by atoms with Crippen molar-refractivity contribution >= 4 is 11.3 Å². The molecule has 0 aliphatic carbocycles. The van der Waals surface area contributed by atoms with Gasteiger partial charge in [-0.05, 0) is 93.6 Å². The van der Waals surface area contributed by atoms with Gasteiger partial charge in [-0.3, -0.25) is 4.79 Å². The van der Waals surface area contributed by atoms with E-state index in [4.69, 9.17) is 4.74 Å². The number of fused-ring (bicyclic) bond motifs is 1. The molecule has 0 N–H and O–H groups in total. The minimum absolute atomic E-state index is 0.0887. The first kappa shape index (κ1) is 26.0. The predicted molar refractivity (Wildman–Crippen MR) is 142 cm³/mol. The molecule has 3 rings (SSSR count). The summed E-state index contributed by atoms with van der Waals surface area (Å²) in [4.78, 5) is 16.1. The average Bonchev–Trinajstić information content (AvgIpc) is 3.22. The Labute approximate surface area is 205 Å². The molecule has 1 aromatic carbocycles. The zero-order valence-corrected chi connectivity index (χ0v) is 21.8. The Morgan fingerprint density at radius 1 is 0.941 bits per heavy atom. The van der Waals surface area contributed by atoms with E-state index in [0.717, 1.165) is 58.5 Å². The highest BCUT2D eigenvalue weighted by molar-refractivity contribution is 6.14. The largest absolute Gasteiger partial charge is 0.493 e. The number of unbranched alkanes of at least 4 members (excludes halogenated alkanes) is 2. The van der Waals surface area contributed by atoms with Gasteiger partial charge in [-0.25, -0.2) is 0 Å². The molecule has 3 aromatic rings. The van der Waals surface area contributed by atoms with Crippen LogP contribution in [0.3, 0.4) is 0 Å². The molecule has 0 bridgehead atoms. The van der Waals surface area contributed by atoms with Gasteiger partial charge in [-0.2, -0.15) is 0 Å². The number of carbonyl (C=O) groups is 1. The fraction of sp³-hybridized carbons (Fsp3) is 0.500. The highest BCUT2D eigenvalue weighted by atomic mass is 16.5. The molecule has 2 heterocycles. The van der Waals surface area contributed by atoms with Crippen molar-refractivity contribution in [2.45, 2.75) is 73.1 Å². The van der Waals surface area contributed by atoms with E-state index in [0.29, 0.717) is 6.61 Å². The molecule has 0 aliphatic heterocycles. The van der Waals surface area contributed by atoms with Crippen LogP contribution in [0.4, 0.5) is 0 Å². The molecule has 0 atom stereocenters. The van der Waals surface area contributed by atoms with Crippen LogP contribution in [0.2, 0.25) is 0 Å². The molecule has 2 aromatic heterocycles. The number of nitrogens with zero attached hydrogens (tertiary/aromatic N) is 2. The first-order valence-corrected chi connectivity index (χ1v) is 13.1. The van der Waals surface area contributed by atoms with Crippen molar-refractivity contribution in [3.8, 4) is 5.75 Å². The number of benzene rings is 1. The fourth-order valence-electron chi connectivity index (χ4n) is 4.72. The molecule has 4 nitrogen and oxygen atoms in total.